The molecule has 1 aliphatic heterocycles. The molecule has 90 valence electrons. The number of thiophene rings is 1. The molecule has 0 aliphatic carbocycles. The molecule has 1 fully saturated rings. The number of nitrogens with two attached hydrogens (primary N) is 1. The SMILES string of the molecule is CN1CCC(N)CC1c1csc2cccnc12. The Bertz CT molecular complexity index is 522. The molecule has 3 rings (SSSR count). The Morgan fingerprint density at radius 2 is 2.41 bits per heavy atom. The van der Waals surface area contributed by atoms with E-state index in [1.807, 2.05) is 12.3 Å². The van der Waals surface area contributed by atoms with E-state index >= 15 is 0 Å². The van der Waals surface area contributed by atoms with E-state index in [0.29, 0.717) is 12.1 Å². The highest BCUT2D eigenvalue weighted by molar-refractivity contribution is 7.17. The molecule has 3 heterocycles. The maximum Gasteiger partial charge on any atom is 0.0857 e. The van der Waals surface area contributed by atoms with Crippen LogP contribution in [-0.2, 0) is 0 Å². The fourth-order valence-electron chi connectivity index (χ4n) is 2.60. The second kappa shape index (κ2) is 4.37. The molecule has 0 amide bonds. The fraction of sp³-hybridized carbons (Fsp3) is 0.462. The monoisotopic (exact) mass is 247 g/mol. The number of piperidine rings is 1. The van der Waals surface area contributed by atoms with Crippen molar-refractivity contribution in [2.24, 2.45) is 5.73 Å². The maximum absolute atomic E-state index is 6.09. The first-order valence-corrected chi connectivity index (χ1v) is 6.91. The van der Waals surface area contributed by atoms with E-state index in [-0.39, 0.29) is 0 Å². The van der Waals surface area contributed by atoms with Gasteiger partial charge >= 0.3 is 0 Å². The topological polar surface area (TPSA) is 42.1 Å². The van der Waals surface area contributed by atoms with Crippen molar-refractivity contribution < 1.29 is 0 Å². The van der Waals surface area contributed by atoms with Gasteiger partial charge in [-0.2, -0.15) is 0 Å². The van der Waals surface area contributed by atoms with E-state index in [4.69, 9.17) is 5.73 Å². The molecule has 2 unspecified atom stereocenters. The molecule has 0 aromatic carbocycles. The summed E-state index contributed by atoms with van der Waals surface area (Å²) >= 11 is 1.78. The molecule has 0 radical (unpaired) electrons. The molecule has 0 saturated carbocycles. The Morgan fingerprint density at radius 3 is 3.29 bits per heavy atom. The first-order valence-electron chi connectivity index (χ1n) is 6.03. The molecule has 2 N–H and O–H groups in total. The highest BCUT2D eigenvalue weighted by Crippen LogP contribution is 2.35. The van der Waals surface area contributed by atoms with Crippen LogP contribution in [0.3, 0.4) is 0 Å². The van der Waals surface area contributed by atoms with E-state index in [1.165, 1.54) is 10.3 Å². The fourth-order valence-corrected chi connectivity index (χ4v) is 3.56. The van der Waals surface area contributed by atoms with Gasteiger partial charge in [-0.25, -0.2) is 0 Å². The van der Waals surface area contributed by atoms with Crippen molar-refractivity contribution in [1.29, 1.82) is 0 Å². The zero-order chi connectivity index (χ0) is 11.8. The van der Waals surface area contributed by atoms with Gasteiger partial charge in [-0.05, 0) is 43.9 Å². The molecule has 0 bridgehead atoms. The van der Waals surface area contributed by atoms with Gasteiger partial charge in [0.05, 0.1) is 10.2 Å². The van der Waals surface area contributed by atoms with Crippen LogP contribution < -0.4 is 5.73 Å². The molecule has 4 heteroatoms. The molecule has 0 spiro atoms. The van der Waals surface area contributed by atoms with Crippen molar-refractivity contribution in [3.05, 3.63) is 29.3 Å². The Labute approximate surface area is 105 Å². The van der Waals surface area contributed by atoms with Gasteiger partial charge in [0.2, 0.25) is 0 Å². The van der Waals surface area contributed by atoms with Gasteiger partial charge in [0.25, 0.3) is 0 Å². The summed E-state index contributed by atoms with van der Waals surface area (Å²) in [6, 6.07) is 4.90. The summed E-state index contributed by atoms with van der Waals surface area (Å²) in [5, 5.41) is 2.25. The van der Waals surface area contributed by atoms with Crippen LogP contribution in [0.2, 0.25) is 0 Å². The van der Waals surface area contributed by atoms with Gasteiger partial charge in [0.1, 0.15) is 0 Å². The highest BCUT2D eigenvalue weighted by Gasteiger charge is 2.27. The Morgan fingerprint density at radius 1 is 1.53 bits per heavy atom. The summed E-state index contributed by atoms with van der Waals surface area (Å²) < 4.78 is 1.27. The summed E-state index contributed by atoms with van der Waals surface area (Å²) in [5.41, 5.74) is 8.60. The predicted molar refractivity (Wildman–Crippen MR) is 72.2 cm³/mol. The van der Waals surface area contributed by atoms with Crippen LogP contribution in [0.1, 0.15) is 24.4 Å². The van der Waals surface area contributed by atoms with E-state index in [2.05, 4.69) is 28.4 Å². The number of hydrogen-bond donors (Lipinski definition) is 1. The van der Waals surface area contributed by atoms with E-state index in [9.17, 15) is 0 Å². The Hall–Kier alpha value is -0.970. The molecule has 2 aromatic heterocycles. The third-order valence-electron chi connectivity index (χ3n) is 3.63. The largest absolute Gasteiger partial charge is 0.328 e. The first-order chi connectivity index (χ1) is 8.25. The van der Waals surface area contributed by atoms with Crippen molar-refractivity contribution in [2.45, 2.75) is 24.9 Å². The van der Waals surface area contributed by atoms with Gasteiger partial charge < -0.3 is 5.73 Å². The van der Waals surface area contributed by atoms with E-state index in [1.54, 1.807) is 11.3 Å². The van der Waals surface area contributed by atoms with Crippen molar-refractivity contribution in [2.75, 3.05) is 13.6 Å². The average Bonchev–Trinajstić information content (AvgIpc) is 2.76. The zero-order valence-electron chi connectivity index (χ0n) is 9.97. The number of aromatic nitrogens is 1. The van der Waals surface area contributed by atoms with Crippen LogP contribution in [-0.4, -0.2) is 29.5 Å². The van der Waals surface area contributed by atoms with Crippen LogP contribution in [0.25, 0.3) is 10.2 Å². The van der Waals surface area contributed by atoms with Gasteiger partial charge in [0.15, 0.2) is 0 Å². The first kappa shape index (κ1) is 11.1. The van der Waals surface area contributed by atoms with Crippen molar-refractivity contribution in [1.82, 2.24) is 9.88 Å². The molecule has 2 atom stereocenters. The van der Waals surface area contributed by atoms with Crippen molar-refractivity contribution in [3.63, 3.8) is 0 Å². The zero-order valence-corrected chi connectivity index (χ0v) is 10.8. The molecule has 3 nitrogen and oxygen atoms in total. The summed E-state index contributed by atoms with van der Waals surface area (Å²) in [6.45, 7) is 1.08. The lowest BCUT2D eigenvalue weighted by Crippen LogP contribution is -2.39. The maximum atomic E-state index is 6.09. The predicted octanol–water partition coefficient (Wildman–Crippen LogP) is 2.39. The van der Waals surface area contributed by atoms with Crippen LogP contribution in [0.4, 0.5) is 0 Å². The Balaban J connectivity index is 2.02. The molecule has 2 aromatic rings. The number of fused-ring (bicyclic) bond motifs is 1. The molecular weight excluding hydrogens is 230 g/mol. The van der Waals surface area contributed by atoms with E-state index < -0.39 is 0 Å². The van der Waals surface area contributed by atoms with Crippen LogP contribution in [0, 0.1) is 0 Å². The Kier molecular flexibility index (Phi) is 2.86. The normalized spacial score (nSPS) is 26.5. The van der Waals surface area contributed by atoms with Crippen molar-refractivity contribution in [3.8, 4) is 0 Å². The average molecular weight is 247 g/mol. The molecular formula is C13H17N3S. The molecule has 1 saturated heterocycles. The van der Waals surface area contributed by atoms with Gasteiger partial charge in [0, 0.05) is 23.8 Å². The molecule has 1 aliphatic rings. The minimum absolute atomic E-state index is 0.329. The summed E-state index contributed by atoms with van der Waals surface area (Å²) in [5.74, 6) is 0. The number of nitrogens with zero attached hydrogens (tertiary/aromatic N) is 2. The summed E-state index contributed by atoms with van der Waals surface area (Å²) in [7, 11) is 2.18. The van der Waals surface area contributed by atoms with Crippen molar-refractivity contribution >= 4 is 21.6 Å². The van der Waals surface area contributed by atoms with Gasteiger partial charge in [-0.15, -0.1) is 11.3 Å². The highest BCUT2D eigenvalue weighted by atomic mass is 32.1. The lowest BCUT2D eigenvalue weighted by molar-refractivity contribution is 0.173. The summed E-state index contributed by atoms with van der Waals surface area (Å²) in [6.07, 6.45) is 4.02. The second-order valence-electron chi connectivity index (χ2n) is 4.82. The van der Waals surface area contributed by atoms with E-state index in [0.717, 1.165) is 24.9 Å². The lowest BCUT2D eigenvalue weighted by Gasteiger charge is -2.35. The minimum Gasteiger partial charge on any atom is -0.328 e. The van der Waals surface area contributed by atoms with Crippen LogP contribution >= 0.6 is 11.3 Å². The second-order valence-corrected chi connectivity index (χ2v) is 5.73. The standard InChI is InChI=1S/C13H17N3S/c1-16-6-4-9(14)7-11(16)10-8-17-12-3-2-5-15-13(10)12/h2-3,5,8-9,11H,4,6-7,14H2,1H3. The number of pyridine rings is 1. The van der Waals surface area contributed by atoms with Crippen LogP contribution in [0.15, 0.2) is 23.7 Å². The minimum atomic E-state index is 0.329. The third kappa shape index (κ3) is 1.97. The van der Waals surface area contributed by atoms with Crippen LogP contribution in [0.5, 0.6) is 0 Å². The smallest absolute Gasteiger partial charge is 0.0857 e. The molecule has 17 heavy (non-hydrogen) atoms. The van der Waals surface area contributed by atoms with Gasteiger partial charge in [-0.1, -0.05) is 0 Å². The number of rotatable bonds is 1. The number of likely N-dealkylation sites (tertiary alicyclic amines) is 1. The summed E-state index contributed by atoms with van der Waals surface area (Å²) in [4.78, 5) is 6.92. The lowest BCUT2D eigenvalue weighted by atomic mass is 9.94. The quantitative estimate of drug-likeness (QED) is 0.841. The van der Waals surface area contributed by atoms with Gasteiger partial charge in [-0.3, -0.25) is 9.88 Å². The number of hydrogen-bond acceptors (Lipinski definition) is 4. The third-order valence-corrected chi connectivity index (χ3v) is 4.58.